The maximum atomic E-state index is 4.85. The molecule has 1 fully saturated rings. The van der Waals surface area contributed by atoms with E-state index in [0.29, 0.717) is 5.92 Å². The number of benzene rings is 1. The van der Waals surface area contributed by atoms with Gasteiger partial charge in [-0.2, -0.15) is 0 Å². The van der Waals surface area contributed by atoms with Crippen molar-refractivity contribution in [2.75, 3.05) is 12.4 Å². The average Bonchev–Trinajstić information content (AvgIpc) is 2.56. The predicted molar refractivity (Wildman–Crippen MR) is 87.4 cm³/mol. The average molecular weight is 281 g/mol. The van der Waals surface area contributed by atoms with Gasteiger partial charge in [-0.05, 0) is 18.8 Å². The van der Waals surface area contributed by atoms with Crippen LogP contribution in [-0.4, -0.2) is 17.0 Å². The van der Waals surface area contributed by atoms with Crippen molar-refractivity contribution >= 4 is 5.82 Å². The van der Waals surface area contributed by atoms with Crippen LogP contribution < -0.4 is 5.32 Å². The van der Waals surface area contributed by atoms with Crippen LogP contribution in [0.2, 0.25) is 0 Å². The minimum absolute atomic E-state index is 0.511. The van der Waals surface area contributed by atoms with Gasteiger partial charge in [0.25, 0.3) is 0 Å². The molecule has 0 bridgehead atoms. The summed E-state index contributed by atoms with van der Waals surface area (Å²) in [6.45, 7) is 2.34. The van der Waals surface area contributed by atoms with Crippen LogP contribution in [0.3, 0.4) is 0 Å². The zero-order valence-electron chi connectivity index (χ0n) is 12.8. The molecule has 3 heteroatoms. The summed E-state index contributed by atoms with van der Waals surface area (Å²) in [4.78, 5) is 9.55. The van der Waals surface area contributed by atoms with E-state index in [1.165, 1.54) is 25.7 Å². The molecule has 0 aliphatic heterocycles. The van der Waals surface area contributed by atoms with Gasteiger partial charge in [0.1, 0.15) is 11.6 Å². The van der Waals surface area contributed by atoms with Gasteiger partial charge >= 0.3 is 0 Å². The lowest BCUT2D eigenvalue weighted by Gasteiger charge is -2.25. The third-order valence-electron chi connectivity index (χ3n) is 4.45. The first-order valence-electron chi connectivity index (χ1n) is 7.88. The van der Waals surface area contributed by atoms with Crippen LogP contribution in [0.5, 0.6) is 0 Å². The van der Waals surface area contributed by atoms with Crippen LogP contribution in [0.25, 0.3) is 11.3 Å². The summed E-state index contributed by atoms with van der Waals surface area (Å²) in [6.07, 6.45) is 5.00. The molecule has 3 rings (SSSR count). The lowest BCUT2D eigenvalue weighted by molar-refractivity contribution is 0.340. The number of nitrogens with zero attached hydrogens (tertiary/aromatic N) is 2. The Balaban J connectivity index is 1.94. The Labute approximate surface area is 126 Å². The van der Waals surface area contributed by atoms with Crippen molar-refractivity contribution in [3.05, 3.63) is 42.2 Å². The van der Waals surface area contributed by atoms with E-state index in [9.17, 15) is 0 Å². The molecule has 0 atom stereocenters. The third kappa shape index (κ3) is 3.23. The van der Waals surface area contributed by atoms with E-state index < -0.39 is 0 Å². The van der Waals surface area contributed by atoms with Crippen molar-refractivity contribution in [1.82, 2.24) is 9.97 Å². The highest BCUT2D eigenvalue weighted by Gasteiger charge is 2.22. The summed E-state index contributed by atoms with van der Waals surface area (Å²) in [5.74, 6) is 3.28. The Kier molecular flexibility index (Phi) is 4.18. The van der Waals surface area contributed by atoms with Gasteiger partial charge in [-0.3, -0.25) is 0 Å². The number of aromatic nitrogens is 2. The zero-order chi connectivity index (χ0) is 14.7. The molecular weight excluding hydrogens is 258 g/mol. The molecule has 1 saturated carbocycles. The van der Waals surface area contributed by atoms with E-state index in [0.717, 1.165) is 28.8 Å². The summed E-state index contributed by atoms with van der Waals surface area (Å²) in [7, 11) is 1.92. The SMILES string of the molecule is CNc1cc(-c2ccccc2)nc(C2CCC(C)CC2)n1. The molecule has 0 amide bonds. The highest BCUT2D eigenvalue weighted by Crippen LogP contribution is 2.35. The van der Waals surface area contributed by atoms with Crippen molar-refractivity contribution < 1.29 is 0 Å². The zero-order valence-corrected chi connectivity index (χ0v) is 12.8. The summed E-state index contributed by atoms with van der Waals surface area (Å²) < 4.78 is 0. The topological polar surface area (TPSA) is 37.8 Å². The minimum Gasteiger partial charge on any atom is -0.373 e. The molecule has 1 aliphatic rings. The van der Waals surface area contributed by atoms with Gasteiger partial charge in [-0.1, -0.05) is 50.1 Å². The smallest absolute Gasteiger partial charge is 0.134 e. The van der Waals surface area contributed by atoms with E-state index in [4.69, 9.17) is 9.97 Å². The quantitative estimate of drug-likeness (QED) is 0.901. The Morgan fingerprint density at radius 2 is 1.71 bits per heavy atom. The Morgan fingerprint density at radius 3 is 2.38 bits per heavy atom. The van der Waals surface area contributed by atoms with Gasteiger partial charge in [0.2, 0.25) is 0 Å². The number of hydrogen-bond donors (Lipinski definition) is 1. The molecule has 1 aliphatic carbocycles. The van der Waals surface area contributed by atoms with Crippen molar-refractivity contribution in [3.63, 3.8) is 0 Å². The highest BCUT2D eigenvalue weighted by molar-refractivity contribution is 5.62. The molecule has 1 aromatic carbocycles. The molecule has 3 nitrogen and oxygen atoms in total. The first-order valence-corrected chi connectivity index (χ1v) is 7.88. The largest absolute Gasteiger partial charge is 0.373 e. The summed E-state index contributed by atoms with van der Waals surface area (Å²) in [5, 5.41) is 3.17. The van der Waals surface area contributed by atoms with Crippen molar-refractivity contribution in [2.45, 2.75) is 38.5 Å². The van der Waals surface area contributed by atoms with Crippen LogP contribution in [0, 0.1) is 5.92 Å². The predicted octanol–water partition coefficient (Wildman–Crippen LogP) is 4.48. The van der Waals surface area contributed by atoms with Crippen LogP contribution in [-0.2, 0) is 0 Å². The molecule has 21 heavy (non-hydrogen) atoms. The normalized spacial score (nSPS) is 22.0. The molecule has 110 valence electrons. The highest BCUT2D eigenvalue weighted by atomic mass is 15.0. The van der Waals surface area contributed by atoms with Gasteiger partial charge in [0.15, 0.2) is 0 Å². The van der Waals surface area contributed by atoms with Crippen molar-refractivity contribution in [3.8, 4) is 11.3 Å². The summed E-state index contributed by atoms with van der Waals surface area (Å²) >= 11 is 0. The maximum Gasteiger partial charge on any atom is 0.134 e. The van der Waals surface area contributed by atoms with Crippen molar-refractivity contribution in [1.29, 1.82) is 0 Å². The van der Waals surface area contributed by atoms with Crippen LogP contribution in [0.1, 0.15) is 44.3 Å². The monoisotopic (exact) mass is 281 g/mol. The second-order valence-electron chi connectivity index (χ2n) is 6.07. The number of rotatable bonds is 3. The van der Waals surface area contributed by atoms with E-state index >= 15 is 0 Å². The van der Waals surface area contributed by atoms with Gasteiger partial charge in [0.05, 0.1) is 5.69 Å². The molecule has 0 spiro atoms. The van der Waals surface area contributed by atoms with Gasteiger partial charge < -0.3 is 5.32 Å². The van der Waals surface area contributed by atoms with Crippen LogP contribution >= 0.6 is 0 Å². The second-order valence-corrected chi connectivity index (χ2v) is 6.07. The molecule has 1 aromatic heterocycles. The lowest BCUT2D eigenvalue weighted by atomic mass is 9.82. The molecule has 1 N–H and O–H groups in total. The lowest BCUT2D eigenvalue weighted by Crippen LogP contribution is -2.14. The van der Waals surface area contributed by atoms with E-state index in [-0.39, 0.29) is 0 Å². The molecule has 2 aromatic rings. The standard InChI is InChI=1S/C18H23N3/c1-13-8-10-15(11-9-13)18-20-16(12-17(19-2)21-18)14-6-4-3-5-7-14/h3-7,12-13,15H,8-11H2,1-2H3,(H,19,20,21). The number of anilines is 1. The van der Waals surface area contributed by atoms with E-state index in [1.54, 1.807) is 0 Å². The molecule has 0 radical (unpaired) electrons. The molecule has 0 saturated heterocycles. The van der Waals surface area contributed by atoms with Crippen LogP contribution in [0.15, 0.2) is 36.4 Å². The van der Waals surface area contributed by atoms with Gasteiger partial charge in [0, 0.05) is 24.6 Å². The van der Waals surface area contributed by atoms with E-state index in [1.807, 2.05) is 19.2 Å². The first-order chi connectivity index (χ1) is 10.3. The fourth-order valence-electron chi connectivity index (χ4n) is 3.05. The van der Waals surface area contributed by atoms with Gasteiger partial charge in [-0.15, -0.1) is 0 Å². The Morgan fingerprint density at radius 1 is 1.00 bits per heavy atom. The maximum absolute atomic E-state index is 4.85. The Hall–Kier alpha value is -1.90. The fourth-order valence-corrected chi connectivity index (χ4v) is 3.05. The molecule has 1 heterocycles. The summed E-state index contributed by atoms with van der Waals surface area (Å²) in [5.41, 5.74) is 2.17. The van der Waals surface area contributed by atoms with Crippen LogP contribution in [0.4, 0.5) is 5.82 Å². The third-order valence-corrected chi connectivity index (χ3v) is 4.45. The van der Waals surface area contributed by atoms with Crippen molar-refractivity contribution in [2.24, 2.45) is 5.92 Å². The number of hydrogen-bond acceptors (Lipinski definition) is 3. The van der Waals surface area contributed by atoms with E-state index in [2.05, 4.69) is 36.5 Å². The fraction of sp³-hybridized carbons (Fsp3) is 0.444. The molecular formula is C18H23N3. The Bertz CT molecular complexity index is 587. The first kappa shape index (κ1) is 14.1. The minimum atomic E-state index is 0.511. The second kappa shape index (κ2) is 6.25. The summed E-state index contributed by atoms with van der Waals surface area (Å²) in [6, 6.07) is 12.4. The number of nitrogens with one attached hydrogen (secondary N) is 1. The van der Waals surface area contributed by atoms with Gasteiger partial charge in [-0.25, -0.2) is 9.97 Å². The molecule has 0 unspecified atom stereocenters.